The van der Waals surface area contributed by atoms with Gasteiger partial charge >= 0.3 is 0 Å². The number of carbonyl (C=O) groups is 1. The van der Waals surface area contributed by atoms with Gasteiger partial charge in [0.2, 0.25) is 0 Å². The summed E-state index contributed by atoms with van der Waals surface area (Å²) in [5.74, 6) is 1.26. The van der Waals surface area contributed by atoms with E-state index >= 15 is 0 Å². The molecule has 1 nitrogen and oxygen atoms in total. The summed E-state index contributed by atoms with van der Waals surface area (Å²) in [6.07, 6.45) is 4.11. The first kappa shape index (κ1) is 13.4. The summed E-state index contributed by atoms with van der Waals surface area (Å²) in [6.45, 7) is 10.8. The van der Waals surface area contributed by atoms with Gasteiger partial charge in [0.1, 0.15) is 5.78 Å². The van der Waals surface area contributed by atoms with Gasteiger partial charge in [-0.15, -0.1) is 11.6 Å². The first-order valence-corrected chi connectivity index (χ1v) is 7.17. The van der Waals surface area contributed by atoms with E-state index in [1.165, 1.54) is 0 Å². The highest BCUT2D eigenvalue weighted by atomic mass is 35.5. The smallest absolute Gasteiger partial charge is 0.142 e. The summed E-state index contributed by atoms with van der Waals surface area (Å²) in [4.78, 5) is 12.6. The fraction of sp³-hybridized carbons (Fsp3) is 0.933. The van der Waals surface area contributed by atoms with Crippen LogP contribution in [0.5, 0.6) is 0 Å². The lowest BCUT2D eigenvalue weighted by atomic mass is 9.65. The van der Waals surface area contributed by atoms with Crippen molar-refractivity contribution in [2.75, 3.05) is 0 Å². The van der Waals surface area contributed by atoms with Crippen molar-refractivity contribution in [3.8, 4) is 0 Å². The van der Waals surface area contributed by atoms with E-state index in [1.54, 1.807) is 0 Å². The van der Waals surface area contributed by atoms with Crippen LogP contribution in [0, 0.1) is 22.7 Å². The van der Waals surface area contributed by atoms with Crippen LogP contribution in [0.3, 0.4) is 0 Å². The van der Waals surface area contributed by atoms with Crippen molar-refractivity contribution in [2.45, 2.75) is 65.2 Å². The van der Waals surface area contributed by atoms with Crippen LogP contribution in [0.4, 0.5) is 0 Å². The van der Waals surface area contributed by atoms with Crippen molar-refractivity contribution < 1.29 is 4.79 Å². The highest BCUT2D eigenvalue weighted by Crippen LogP contribution is 2.58. The zero-order chi connectivity index (χ0) is 13.1. The molecule has 2 rings (SSSR count). The largest absolute Gasteiger partial charge is 0.299 e. The van der Waals surface area contributed by atoms with Crippen LogP contribution in [0.25, 0.3) is 0 Å². The number of ketones is 1. The molecule has 2 aliphatic rings. The molecule has 0 saturated heterocycles. The average Bonchev–Trinajstić information content (AvgIpc) is 2.36. The predicted octanol–water partition coefficient (Wildman–Crippen LogP) is 4.43. The van der Waals surface area contributed by atoms with Crippen LogP contribution in [-0.2, 0) is 4.79 Å². The number of halogens is 1. The topological polar surface area (TPSA) is 17.1 Å². The van der Waals surface area contributed by atoms with Crippen molar-refractivity contribution in [1.29, 1.82) is 0 Å². The summed E-state index contributed by atoms with van der Waals surface area (Å²) >= 11 is 6.50. The van der Waals surface area contributed by atoms with Gasteiger partial charge < -0.3 is 0 Å². The Morgan fingerprint density at radius 1 is 1.29 bits per heavy atom. The molecule has 0 aliphatic heterocycles. The van der Waals surface area contributed by atoms with Crippen LogP contribution < -0.4 is 0 Å². The number of hydrogen-bond acceptors (Lipinski definition) is 1. The lowest BCUT2D eigenvalue weighted by molar-refractivity contribution is -0.133. The monoisotopic (exact) mass is 256 g/mol. The van der Waals surface area contributed by atoms with E-state index in [4.69, 9.17) is 11.6 Å². The Balaban J connectivity index is 2.29. The molecule has 2 fully saturated rings. The number of Topliss-reactive ketones (excluding diaryl/α,β-unsaturated/α-hetero) is 1. The number of alkyl halides is 1. The fourth-order valence-electron chi connectivity index (χ4n) is 3.99. The Bertz CT molecular complexity index is 339. The highest BCUT2D eigenvalue weighted by Gasteiger charge is 2.58. The zero-order valence-electron chi connectivity index (χ0n) is 11.8. The molecule has 0 aromatic heterocycles. The lowest BCUT2D eigenvalue weighted by Gasteiger charge is -2.42. The van der Waals surface area contributed by atoms with E-state index in [-0.39, 0.29) is 21.6 Å². The van der Waals surface area contributed by atoms with Crippen LogP contribution in [0.1, 0.15) is 60.3 Å². The third-order valence-electron chi connectivity index (χ3n) is 5.10. The molecule has 0 amide bonds. The van der Waals surface area contributed by atoms with Crippen LogP contribution >= 0.6 is 11.6 Å². The summed E-state index contributed by atoms with van der Waals surface area (Å²) in [5, 5.41) is 0. The lowest BCUT2D eigenvalue weighted by Crippen LogP contribution is -2.42. The number of fused-ring (bicyclic) bond motifs is 1. The minimum absolute atomic E-state index is 0.0974. The average molecular weight is 257 g/mol. The minimum atomic E-state index is -0.173. The Kier molecular flexibility index (Phi) is 2.94. The molecule has 0 aromatic rings. The molecule has 0 bridgehead atoms. The van der Waals surface area contributed by atoms with Crippen LogP contribution in [-0.4, -0.2) is 10.7 Å². The van der Waals surface area contributed by atoms with Gasteiger partial charge in [-0.1, -0.05) is 27.7 Å². The third-order valence-corrected chi connectivity index (χ3v) is 5.42. The van der Waals surface area contributed by atoms with Crippen molar-refractivity contribution in [2.24, 2.45) is 22.7 Å². The molecule has 0 radical (unpaired) electrons. The number of hydrogen-bond donors (Lipinski definition) is 0. The van der Waals surface area contributed by atoms with E-state index in [2.05, 4.69) is 34.6 Å². The molecule has 4 atom stereocenters. The maximum atomic E-state index is 12.7. The second kappa shape index (κ2) is 3.73. The van der Waals surface area contributed by atoms with Crippen molar-refractivity contribution >= 4 is 17.4 Å². The van der Waals surface area contributed by atoms with E-state index in [9.17, 15) is 4.79 Å². The molecular weight excluding hydrogens is 232 g/mol. The second-order valence-electron chi connectivity index (χ2n) is 7.76. The molecule has 0 heterocycles. The molecule has 17 heavy (non-hydrogen) atoms. The summed E-state index contributed by atoms with van der Waals surface area (Å²) < 4.78 is 0. The zero-order valence-corrected chi connectivity index (χ0v) is 12.5. The van der Waals surface area contributed by atoms with Gasteiger partial charge in [0.05, 0.1) is 0 Å². The van der Waals surface area contributed by atoms with E-state index < -0.39 is 0 Å². The molecule has 98 valence electrons. The maximum Gasteiger partial charge on any atom is 0.142 e. The Morgan fingerprint density at radius 2 is 1.88 bits per heavy atom. The highest BCUT2D eigenvalue weighted by molar-refractivity contribution is 6.24. The van der Waals surface area contributed by atoms with Gasteiger partial charge in [-0.3, -0.25) is 4.79 Å². The molecule has 3 unspecified atom stereocenters. The Hall–Kier alpha value is -0.0400. The van der Waals surface area contributed by atoms with Crippen molar-refractivity contribution in [3.05, 3.63) is 0 Å². The molecule has 0 spiro atoms. The van der Waals surface area contributed by atoms with Gasteiger partial charge in [-0.2, -0.15) is 0 Å². The SMILES string of the molecule is CC1(Cl)CCC2CC(C(C)(C)C)C(=O)[C@]2(C)C1. The number of rotatable bonds is 0. The first-order chi connectivity index (χ1) is 7.56. The second-order valence-corrected chi connectivity index (χ2v) is 8.67. The molecule has 0 N–H and O–H groups in total. The Labute approximate surface area is 110 Å². The first-order valence-electron chi connectivity index (χ1n) is 6.79. The van der Waals surface area contributed by atoms with Gasteiger partial charge in [-0.25, -0.2) is 0 Å². The summed E-state index contributed by atoms with van der Waals surface area (Å²) in [5.41, 5.74) is -0.0627. The molecule has 2 heteroatoms. The molecular formula is C15H25ClO. The van der Waals surface area contributed by atoms with Gasteiger partial charge in [0.15, 0.2) is 0 Å². The van der Waals surface area contributed by atoms with Gasteiger partial charge in [0, 0.05) is 16.2 Å². The van der Waals surface area contributed by atoms with Crippen LogP contribution in [0.2, 0.25) is 0 Å². The standard InChI is InChI=1S/C15H25ClO/c1-13(2,3)11-8-10-6-7-14(4,16)9-15(10,5)12(11)17/h10-11H,6-9H2,1-5H3/t10?,11?,14?,15-/m1/s1. The van der Waals surface area contributed by atoms with Gasteiger partial charge in [0.25, 0.3) is 0 Å². The van der Waals surface area contributed by atoms with E-state index in [0.29, 0.717) is 11.7 Å². The normalized spacial score (nSPS) is 47.1. The molecule has 2 aliphatic carbocycles. The molecule has 2 saturated carbocycles. The fourth-order valence-corrected chi connectivity index (χ4v) is 4.38. The summed E-state index contributed by atoms with van der Waals surface area (Å²) in [6, 6.07) is 0. The van der Waals surface area contributed by atoms with E-state index in [1.807, 2.05) is 0 Å². The minimum Gasteiger partial charge on any atom is -0.299 e. The van der Waals surface area contributed by atoms with Crippen molar-refractivity contribution in [3.63, 3.8) is 0 Å². The van der Waals surface area contributed by atoms with Crippen molar-refractivity contribution in [1.82, 2.24) is 0 Å². The van der Waals surface area contributed by atoms with E-state index in [0.717, 1.165) is 25.7 Å². The maximum absolute atomic E-state index is 12.7. The summed E-state index contributed by atoms with van der Waals surface area (Å²) in [7, 11) is 0. The third kappa shape index (κ3) is 2.16. The Morgan fingerprint density at radius 3 is 2.41 bits per heavy atom. The van der Waals surface area contributed by atoms with Gasteiger partial charge in [-0.05, 0) is 43.9 Å². The molecule has 0 aromatic carbocycles. The quantitative estimate of drug-likeness (QED) is 0.586. The van der Waals surface area contributed by atoms with Crippen LogP contribution in [0.15, 0.2) is 0 Å². The number of carbonyl (C=O) groups excluding carboxylic acids is 1. The predicted molar refractivity (Wildman–Crippen MR) is 72.3 cm³/mol.